The molecule has 0 saturated carbocycles. The maximum atomic E-state index is 11.4. The second kappa shape index (κ2) is 9.63. The van der Waals surface area contributed by atoms with E-state index in [1.807, 2.05) is 12.1 Å². The number of methoxy groups -OCH3 is 1. The second-order valence-corrected chi connectivity index (χ2v) is 8.08. The first-order valence-electron chi connectivity index (χ1n) is 9.89. The van der Waals surface area contributed by atoms with Crippen molar-refractivity contribution in [3.63, 3.8) is 0 Å². The summed E-state index contributed by atoms with van der Waals surface area (Å²) in [6.07, 6.45) is 3.95. The van der Waals surface area contributed by atoms with Crippen LogP contribution in [0.15, 0.2) is 30.3 Å². The van der Waals surface area contributed by atoms with Gasteiger partial charge in [-0.3, -0.25) is 4.79 Å². The van der Waals surface area contributed by atoms with Gasteiger partial charge in [0.1, 0.15) is 12.0 Å². The fourth-order valence-electron chi connectivity index (χ4n) is 3.00. The van der Waals surface area contributed by atoms with Gasteiger partial charge in [0.2, 0.25) is 5.75 Å². The van der Waals surface area contributed by atoms with Crippen LogP contribution in [0.3, 0.4) is 0 Å². The first-order chi connectivity index (χ1) is 13.3. The molecule has 28 heavy (non-hydrogen) atoms. The highest BCUT2D eigenvalue weighted by atomic mass is 16.5. The average Bonchev–Trinajstić information content (AvgIpc) is 2.66. The van der Waals surface area contributed by atoms with Gasteiger partial charge in [-0.15, -0.1) is 0 Å². The van der Waals surface area contributed by atoms with Gasteiger partial charge in [-0.1, -0.05) is 58.2 Å². The van der Waals surface area contributed by atoms with E-state index in [0.29, 0.717) is 29.4 Å². The zero-order valence-corrected chi connectivity index (χ0v) is 17.9. The van der Waals surface area contributed by atoms with E-state index in [1.165, 1.54) is 5.56 Å². The van der Waals surface area contributed by atoms with Crippen LogP contribution < -0.4 is 14.2 Å². The molecule has 0 aliphatic rings. The zero-order valence-electron chi connectivity index (χ0n) is 17.9. The van der Waals surface area contributed by atoms with Crippen molar-refractivity contribution in [1.82, 2.24) is 0 Å². The molecule has 0 aliphatic heterocycles. The van der Waals surface area contributed by atoms with Crippen LogP contribution in [0.5, 0.6) is 23.0 Å². The minimum atomic E-state index is -0.0874. The summed E-state index contributed by atoms with van der Waals surface area (Å²) >= 11 is 0. The molecule has 4 heteroatoms. The monoisotopic (exact) mass is 384 g/mol. The van der Waals surface area contributed by atoms with E-state index in [4.69, 9.17) is 14.2 Å². The first-order valence-corrected chi connectivity index (χ1v) is 9.89. The number of unbranched alkanes of at least 4 members (excludes halogenated alkanes) is 2. The normalized spacial score (nSPS) is 11.2. The SMILES string of the molecule is CCCCCOc1c(OC)cc(C=O)cc1Oc1ccc(C)cc1C(C)(C)C. The van der Waals surface area contributed by atoms with E-state index in [1.54, 1.807) is 19.2 Å². The highest BCUT2D eigenvalue weighted by Gasteiger charge is 2.22. The Morgan fingerprint density at radius 3 is 2.32 bits per heavy atom. The fraction of sp³-hybridized carbons (Fsp3) is 0.458. The summed E-state index contributed by atoms with van der Waals surface area (Å²) in [6, 6.07) is 9.51. The van der Waals surface area contributed by atoms with Crippen LogP contribution >= 0.6 is 0 Å². The Morgan fingerprint density at radius 1 is 1.00 bits per heavy atom. The van der Waals surface area contributed by atoms with Gasteiger partial charge in [0.25, 0.3) is 0 Å². The van der Waals surface area contributed by atoms with Crippen LogP contribution in [0.25, 0.3) is 0 Å². The zero-order chi connectivity index (χ0) is 20.7. The molecule has 0 unspecified atom stereocenters. The number of hydrogen-bond donors (Lipinski definition) is 0. The Bertz CT molecular complexity index is 803. The van der Waals surface area contributed by atoms with Crippen LogP contribution in [0.4, 0.5) is 0 Å². The lowest BCUT2D eigenvalue weighted by Crippen LogP contribution is -2.13. The molecule has 0 amide bonds. The number of aldehydes is 1. The predicted octanol–water partition coefficient (Wildman–Crippen LogP) is 6.47. The quantitative estimate of drug-likeness (QED) is 0.367. The smallest absolute Gasteiger partial charge is 0.204 e. The Balaban J connectivity index is 2.47. The number of aryl methyl sites for hydroxylation is 1. The lowest BCUT2D eigenvalue weighted by atomic mass is 9.85. The molecule has 0 spiro atoms. The van der Waals surface area contributed by atoms with Crippen LogP contribution in [-0.2, 0) is 5.41 Å². The van der Waals surface area contributed by atoms with Crippen molar-refractivity contribution in [2.45, 2.75) is 59.3 Å². The lowest BCUT2D eigenvalue weighted by molar-refractivity contribution is 0.112. The molecule has 0 N–H and O–H groups in total. The predicted molar refractivity (Wildman–Crippen MR) is 113 cm³/mol. The first kappa shape index (κ1) is 21.8. The Kier molecular flexibility index (Phi) is 7.50. The summed E-state index contributed by atoms with van der Waals surface area (Å²) in [7, 11) is 1.57. The van der Waals surface area contributed by atoms with E-state index >= 15 is 0 Å². The molecule has 2 aromatic rings. The summed E-state index contributed by atoms with van der Waals surface area (Å²) in [4.78, 5) is 11.4. The van der Waals surface area contributed by atoms with Crippen molar-refractivity contribution in [2.24, 2.45) is 0 Å². The molecule has 4 nitrogen and oxygen atoms in total. The van der Waals surface area contributed by atoms with Gasteiger partial charge in [-0.25, -0.2) is 0 Å². The Labute approximate surface area is 168 Å². The molecular weight excluding hydrogens is 352 g/mol. The van der Waals surface area contributed by atoms with Gasteiger partial charge in [0, 0.05) is 11.1 Å². The minimum absolute atomic E-state index is 0.0874. The highest BCUT2D eigenvalue weighted by Crippen LogP contribution is 2.43. The summed E-state index contributed by atoms with van der Waals surface area (Å²) < 4.78 is 17.8. The van der Waals surface area contributed by atoms with Gasteiger partial charge < -0.3 is 14.2 Å². The molecule has 0 atom stereocenters. The number of carbonyl (C=O) groups excluding carboxylic acids is 1. The van der Waals surface area contributed by atoms with Gasteiger partial charge in [-0.2, -0.15) is 0 Å². The van der Waals surface area contributed by atoms with E-state index in [-0.39, 0.29) is 5.41 Å². The lowest BCUT2D eigenvalue weighted by Gasteiger charge is -2.24. The third-order valence-corrected chi connectivity index (χ3v) is 4.56. The van der Waals surface area contributed by atoms with Crippen molar-refractivity contribution < 1.29 is 19.0 Å². The number of benzene rings is 2. The maximum Gasteiger partial charge on any atom is 0.204 e. The summed E-state index contributed by atoms with van der Waals surface area (Å²) in [5, 5.41) is 0. The largest absolute Gasteiger partial charge is 0.493 e. The molecular formula is C24H32O4. The number of rotatable bonds is 9. The van der Waals surface area contributed by atoms with Crippen molar-refractivity contribution in [2.75, 3.05) is 13.7 Å². The molecule has 0 aliphatic carbocycles. The average molecular weight is 385 g/mol. The van der Waals surface area contributed by atoms with Crippen molar-refractivity contribution in [3.8, 4) is 23.0 Å². The molecule has 0 bridgehead atoms. The molecule has 0 heterocycles. The Morgan fingerprint density at radius 2 is 1.71 bits per heavy atom. The number of hydrogen-bond acceptors (Lipinski definition) is 4. The Hall–Kier alpha value is -2.49. The minimum Gasteiger partial charge on any atom is -0.493 e. The van der Waals surface area contributed by atoms with Crippen LogP contribution in [0, 0.1) is 6.92 Å². The molecule has 0 radical (unpaired) electrons. The molecule has 2 aromatic carbocycles. The number of ether oxygens (including phenoxy) is 3. The van der Waals surface area contributed by atoms with Crippen molar-refractivity contribution in [3.05, 3.63) is 47.0 Å². The van der Waals surface area contributed by atoms with Crippen LogP contribution in [0.1, 0.15) is 68.4 Å². The topological polar surface area (TPSA) is 44.8 Å². The van der Waals surface area contributed by atoms with Gasteiger partial charge in [0.05, 0.1) is 13.7 Å². The van der Waals surface area contributed by atoms with Crippen LogP contribution in [-0.4, -0.2) is 20.0 Å². The number of carbonyl (C=O) groups is 1. The fourth-order valence-corrected chi connectivity index (χ4v) is 3.00. The van der Waals surface area contributed by atoms with E-state index in [2.05, 4.69) is 40.7 Å². The second-order valence-electron chi connectivity index (χ2n) is 8.08. The highest BCUT2D eigenvalue weighted by molar-refractivity contribution is 5.78. The maximum absolute atomic E-state index is 11.4. The van der Waals surface area contributed by atoms with Gasteiger partial charge in [-0.05, 0) is 37.0 Å². The molecule has 0 fully saturated rings. The van der Waals surface area contributed by atoms with E-state index in [9.17, 15) is 4.79 Å². The summed E-state index contributed by atoms with van der Waals surface area (Å²) in [5.74, 6) is 2.28. The third kappa shape index (κ3) is 5.51. The standard InChI is InChI=1S/C24H32O4/c1-7-8-9-12-27-23-21(26-6)14-18(16-25)15-22(23)28-20-11-10-17(2)13-19(20)24(3,4)5/h10-11,13-16H,7-9,12H2,1-6H3. The molecule has 152 valence electrons. The van der Waals surface area contributed by atoms with Gasteiger partial charge in [0.15, 0.2) is 11.5 Å². The van der Waals surface area contributed by atoms with Gasteiger partial charge >= 0.3 is 0 Å². The van der Waals surface area contributed by atoms with Crippen molar-refractivity contribution >= 4 is 6.29 Å². The van der Waals surface area contributed by atoms with Crippen LogP contribution in [0.2, 0.25) is 0 Å². The molecule has 0 saturated heterocycles. The summed E-state index contributed by atoms with van der Waals surface area (Å²) in [6.45, 7) is 11.2. The third-order valence-electron chi connectivity index (χ3n) is 4.56. The van der Waals surface area contributed by atoms with E-state index < -0.39 is 0 Å². The molecule has 2 rings (SSSR count). The van der Waals surface area contributed by atoms with E-state index in [0.717, 1.165) is 36.9 Å². The summed E-state index contributed by atoms with van der Waals surface area (Å²) in [5.41, 5.74) is 2.67. The molecule has 0 aromatic heterocycles. The van der Waals surface area contributed by atoms with Crippen molar-refractivity contribution in [1.29, 1.82) is 0 Å².